The molecule has 6 heteroatoms. The van der Waals surface area contributed by atoms with Gasteiger partial charge >= 0.3 is 0 Å². The number of carbonyl (C=O) groups is 3. The smallest absolute Gasteiger partial charge is 0.256 e. The van der Waals surface area contributed by atoms with Crippen LogP contribution >= 0.6 is 0 Å². The van der Waals surface area contributed by atoms with Gasteiger partial charge in [0.15, 0.2) is 0 Å². The first kappa shape index (κ1) is 21.6. The summed E-state index contributed by atoms with van der Waals surface area (Å²) >= 11 is 0. The number of amides is 3. The lowest BCUT2D eigenvalue weighted by Gasteiger charge is -2.27. The van der Waals surface area contributed by atoms with Crippen molar-refractivity contribution in [3.05, 3.63) is 48.0 Å². The van der Waals surface area contributed by atoms with Crippen molar-refractivity contribution >= 4 is 29.1 Å². The van der Waals surface area contributed by atoms with E-state index < -0.39 is 17.9 Å². The molecule has 3 rings (SSSR count). The Kier molecular flexibility index (Phi) is 6.25. The summed E-state index contributed by atoms with van der Waals surface area (Å²) in [5.41, 5.74) is 9.56. The summed E-state index contributed by atoms with van der Waals surface area (Å²) in [7, 11) is 0. The average molecular weight is 408 g/mol. The van der Waals surface area contributed by atoms with Gasteiger partial charge in [-0.25, -0.2) is 4.90 Å². The number of imide groups is 1. The maximum absolute atomic E-state index is 13.4. The van der Waals surface area contributed by atoms with E-state index in [-0.39, 0.29) is 17.7 Å². The summed E-state index contributed by atoms with van der Waals surface area (Å²) in [6.07, 6.45) is 1.22. The van der Waals surface area contributed by atoms with Crippen LogP contribution in [0.15, 0.2) is 42.5 Å². The van der Waals surface area contributed by atoms with Gasteiger partial charge in [-0.05, 0) is 43.0 Å². The van der Waals surface area contributed by atoms with Crippen LogP contribution < -0.4 is 16.0 Å². The van der Waals surface area contributed by atoms with E-state index in [1.807, 2.05) is 38.1 Å². The Morgan fingerprint density at radius 1 is 1.13 bits per heavy atom. The van der Waals surface area contributed by atoms with Gasteiger partial charge in [0.25, 0.3) is 5.91 Å². The molecule has 0 bridgehead atoms. The zero-order valence-corrected chi connectivity index (χ0v) is 17.9. The second kappa shape index (κ2) is 8.69. The van der Waals surface area contributed by atoms with Crippen LogP contribution in [0.25, 0.3) is 11.1 Å². The molecule has 2 unspecified atom stereocenters. The molecule has 3 amide bonds. The number of benzene rings is 2. The van der Waals surface area contributed by atoms with Crippen molar-refractivity contribution < 1.29 is 14.4 Å². The molecule has 158 valence electrons. The van der Waals surface area contributed by atoms with Crippen LogP contribution in [0.3, 0.4) is 0 Å². The van der Waals surface area contributed by atoms with Gasteiger partial charge in [-0.15, -0.1) is 0 Å². The average Bonchev–Trinajstić information content (AvgIpc) is 2.81. The number of rotatable bonds is 5. The van der Waals surface area contributed by atoms with E-state index in [2.05, 4.69) is 5.32 Å². The molecule has 1 aliphatic rings. The summed E-state index contributed by atoms with van der Waals surface area (Å²) in [5, 5.41) is 2.75. The Labute approximate surface area is 177 Å². The van der Waals surface area contributed by atoms with Crippen molar-refractivity contribution in [3.63, 3.8) is 0 Å². The van der Waals surface area contributed by atoms with Crippen LogP contribution in [0.4, 0.5) is 11.4 Å². The van der Waals surface area contributed by atoms with Crippen molar-refractivity contribution in [1.29, 1.82) is 0 Å². The summed E-state index contributed by atoms with van der Waals surface area (Å²) in [4.78, 5) is 40.3. The minimum atomic E-state index is -0.840. The topological polar surface area (TPSA) is 92.5 Å². The Hall–Kier alpha value is -3.15. The largest absolute Gasteiger partial charge is 0.398 e. The molecule has 6 nitrogen and oxygen atoms in total. The van der Waals surface area contributed by atoms with Crippen molar-refractivity contribution in [2.24, 2.45) is 5.92 Å². The van der Waals surface area contributed by atoms with Crippen LogP contribution in [0.5, 0.6) is 0 Å². The highest BCUT2D eigenvalue weighted by Gasteiger charge is 2.37. The van der Waals surface area contributed by atoms with E-state index in [0.29, 0.717) is 23.4 Å². The molecule has 1 heterocycles. The molecule has 30 heavy (non-hydrogen) atoms. The minimum absolute atomic E-state index is 0.198. The predicted octanol–water partition coefficient (Wildman–Crippen LogP) is 3.85. The predicted molar refractivity (Wildman–Crippen MR) is 119 cm³/mol. The maximum atomic E-state index is 13.4. The normalized spacial score (nSPS) is 17.4. The van der Waals surface area contributed by atoms with Crippen LogP contribution in [0.2, 0.25) is 0 Å². The van der Waals surface area contributed by atoms with Gasteiger partial charge in [0, 0.05) is 17.7 Å². The molecule has 0 saturated carbocycles. The van der Waals surface area contributed by atoms with Crippen molar-refractivity contribution in [3.8, 4) is 11.1 Å². The third-order valence-electron chi connectivity index (χ3n) is 5.80. The molecule has 1 aliphatic heterocycles. The lowest BCUT2D eigenvalue weighted by atomic mass is 9.92. The Morgan fingerprint density at radius 3 is 2.53 bits per heavy atom. The van der Waals surface area contributed by atoms with E-state index in [1.165, 1.54) is 4.90 Å². The standard InChI is InChI=1S/C24H29N3O3/c1-5-14(2)13-21(28)26-16(4)24(30)27-20-12-8-11-19(25)22(20)18-10-7-6-9-17(18)15(3)23(27)29/h6-12,14-16H,5,13,25H2,1-4H3,(H,26,28)/t14?,15?,16-/m0/s1. The number of hydrogen-bond acceptors (Lipinski definition) is 4. The fourth-order valence-electron chi connectivity index (χ4n) is 3.83. The highest BCUT2D eigenvalue weighted by Crippen LogP contribution is 2.44. The highest BCUT2D eigenvalue weighted by atomic mass is 16.2. The Bertz CT molecular complexity index is 985. The number of nitrogens with one attached hydrogen (secondary N) is 1. The SMILES string of the molecule is CCC(C)CC(=O)N[C@@H](C)C(=O)N1C(=O)C(C)c2ccccc2-c2c(N)cccc21. The van der Waals surface area contributed by atoms with Gasteiger partial charge in [0.2, 0.25) is 11.8 Å². The van der Waals surface area contributed by atoms with Gasteiger partial charge in [-0.1, -0.05) is 50.6 Å². The number of fused-ring (bicyclic) bond motifs is 3. The molecule has 2 aromatic carbocycles. The highest BCUT2D eigenvalue weighted by molar-refractivity contribution is 6.22. The van der Waals surface area contributed by atoms with E-state index in [0.717, 1.165) is 17.5 Å². The summed E-state index contributed by atoms with van der Waals surface area (Å²) in [6.45, 7) is 7.40. The van der Waals surface area contributed by atoms with E-state index in [4.69, 9.17) is 5.73 Å². The summed E-state index contributed by atoms with van der Waals surface area (Å²) < 4.78 is 0. The number of hydrogen-bond donors (Lipinski definition) is 2. The lowest BCUT2D eigenvalue weighted by molar-refractivity contribution is -0.131. The summed E-state index contributed by atoms with van der Waals surface area (Å²) in [5.74, 6) is -1.30. The third kappa shape index (κ3) is 3.95. The van der Waals surface area contributed by atoms with E-state index in [1.54, 1.807) is 32.0 Å². The zero-order chi connectivity index (χ0) is 22.0. The van der Waals surface area contributed by atoms with Crippen LogP contribution in [0.1, 0.15) is 52.0 Å². The third-order valence-corrected chi connectivity index (χ3v) is 5.80. The zero-order valence-electron chi connectivity index (χ0n) is 17.9. The van der Waals surface area contributed by atoms with Crippen LogP contribution in [-0.4, -0.2) is 23.8 Å². The van der Waals surface area contributed by atoms with Crippen molar-refractivity contribution in [2.45, 2.75) is 52.5 Å². The molecule has 2 aromatic rings. The summed E-state index contributed by atoms with van der Waals surface area (Å²) in [6, 6.07) is 11.9. The fourth-order valence-corrected chi connectivity index (χ4v) is 3.83. The molecular weight excluding hydrogens is 378 g/mol. The molecule has 0 fully saturated rings. The second-order valence-electron chi connectivity index (χ2n) is 8.07. The monoisotopic (exact) mass is 407 g/mol. The molecule has 0 saturated heterocycles. The van der Waals surface area contributed by atoms with Crippen LogP contribution in [0, 0.1) is 5.92 Å². The van der Waals surface area contributed by atoms with Crippen molar-refractivity contribution in [1.82, 2.24) is 5.32 Å². The second-order valence-corrected chi connectivity index (χ2v) is 8.07. The number of anilines is 2. The van der Waals surface area contributed by atoms with E-state index >= 15 is 0 Å². The van der Waals surface area contributed by atoms with E-state index in [9.17, 15) is 14.4 Å². The minimum Gasteiger partial charge on any atom is -0.398 e. The Balaban J connectivity index is 2.01. The molecule has 3 atom stereocenters. The first-order valence-electron chi connectivity index (χ1n) is 10.4. The molecular formula is C24H29N3O3. The van der Waals surface area contributed by atoms with Crippen LogP contribution in [-0.2, 0) is 14.4 Å². The van der Waals surface area contributed by atoms with Gasteiger partial charge in [0.05, 0.1) is 11.6 Å². The van der Waals surface area contributed by atoms with Gasteiger partial charge in [-0.3, -0.25) is 14.4 Å². The van der Waals surface area contributed by atoms with Crippen molar-refractivity contribution in [2.75, 3.05) is 10.6 Å². The number of nitrogens with two attached hydrogens (primary N) is 1. The molecule has 0 spiro atoms. The van der Waals surface area contributed by atoms with Gasteiger partial charge < -0.3 is 11.1 Å². The molecule has 3 N–H and O–H groups in total. The van der Waals surface area contributed by atoms with Gasteiger partial charge in [-0.2, -0.15) is 0 Å². The van der Waals surface area contributed by atoms with Gasteiger partial charge in [0.1, 0.15) is 6.04 Å². The first-order valence-corrected chi connectivity index (χ1v) is 10.4. The Morgan fingerprint density at radius 2 is 1.83 bits per heavy atom. The fraction of sp³-hybridized carbons (Fsp3) is 0.375. The lowest BCUT2D eigenvalue weighted by Crippen LogP contribution is -2.50. The quantitative estimate of drug-likeness (QED) is 0.736. The first-order chi connectivity index (χ1) is 14.3. The maximum Gasteiger partial charge on any atom is 0.256 e. The number of nitrogen functional groups attached to an aromatic ring is 1. The molecule has 0 aromatic heterocycles. The number of carbonyl (C=O) groups excluding carboxylic acids is 3. The number of nitrogens with zero attached hydrogens (tertiary/aromatic N) is 1. The molecule has 0 radical (unpaired) electrons. The molecule has 0 aliphatic carbocycles.